The number of para-hydroxylation sites is 1. The maximum Gasteiger partial charge on any atom is 0.416 e. The number of alkyl halides is 3. The molecule has 1 atom stereocenters. The van der Waals surface area contributed by atoms with Crippen molar-refractivity contribution in [2.45, 2.75) is 48.9 Å². The lowest BCUT2D eigenvalue weighted by molar-refractivity contribution is -0.137. The van der Waals surface area contributed by atoms with Crippen LogP contribution in [-0.4, -0.2) is 23.1 Å². The van der Waals surface area contributed by atoms with E-state index < -0.39 is 17.7 Å². The molecule has 0 radical (unpaired) electrons. The summed E-state index contributed by atoms with van der Waals surface area (Å²) in [5.74, 6) is 0.163. The molecule has 1 aliphatic carbocycles. The first kappa shape index (κ1) is 28.7. The Bertz CT molecular complexity index is 1620. The lowest BCUT2D eigenvalue weighted by Crippen LogP contribution is -2.42. The van der Waals surface area contributed by atoms with Gasteiger partial charge >= 0.3 is 6.18 Å². The van der Waals surface area contributed by atoms with E-state index in [9.17, 15) is 23.2 Å². The molecule has 0 bridgehead atoms. The standard InChI is InChI=1S/C29H26F3N5O2S2/c1-28(2)12-20-24(21(38)13-28)23(18-9-4-5-10-22(18)39-3)19(14-33)25(34)37(20)26-35-36-27(41-26)40-15-16-7-6-8-17(11-16)29(30,31)32/h4-11,23H,12-13,15,34H2,1-3H3/t23-/m0/s1. The molecule has 212 valence electrons. The van der Waals surface area contributed by atoms with E-state index in [0.29, 0.717) is 50.5 Å². The lowest BCUT2D eigenvalue weighted by Gasteiger charge is -2.42. The highest BCUT2D eigenvalue weighted by Gasteiger charge is 2.46. The van der Waals surface area contributed by atoms with Gasteiger partial charge in [0.25, 0.3) is 0 Å². The van der Waals surface area contributed by atoms with E-state index in [-0.39, 0.29) is 28.3 Å². The van der Waals surface area contributed by atoms with Crippen molar-refractivity contribution in [3.8, 4) is 11.8 Å². The number of nitrogens with two attached hydrogens (primary N) is 1. The number of thioether (sulfide) groups is 1. The number of aromatic nitrogens is 2. The van der Waals surface area contributed by atoms with Gasteiger partial charge in [-0.1, -0.05) is 73.3 Å². The zero-order chi connectivity index (χ0) is 29.5. The second kappa shape index (κ2) is 10.9. The summed E-state index contributed by atoms with van der Waals surface area (Å²) >= 11 is 2.44. The minimum Gasteiger partial charge on any atom is -0.496 e. The maximum atomic E-state index is 13.7. The van der Waals surface area contributed by atoms with Crippen LogP contribution in [0, 0.1) is 16.7 Å². The van der Waals surface area contributed by atoms with Crippen molar-refractivity contribution in [2.75, 3.05) is 12.0 Å². The first-order chi connectivity index (χ1) is 19.4. The number of rotatable bonds is 6. The van der Waals surface area contributed by atoms with Gasteiger partial charge < -0.3 is 10.5 Å². The van der Waals surface area contributed by atoms with E-state index in [1.165, 1.54) is 36.3 Å². The number of anilines is 1. The molecule has 7 nitrogen and oxygen atoms in total. The van der Waals surface area contributed by atoms with Gasteiger partial charge in [-0.2, -0.15) is 18.4 Å². The maximum absolute atomic E-state index is 13.7. The Morgan fingerprint density at radius 1 is 1.20 bits per heavy atom. The summed E-state index contributed by atoms with van der Waals surface area (Å²) in [6.07, 6.45) is -3.62. The SMILES string of the molecule is COc1ccccc1[C@H]1C(C#N)=C(N)N(c2nnc(SCc3cccc(C(F)(F)F)c3)s2)C2=C1C(=O)CC(C)(C)C2. The van der Waals surface area contributed by atoms with Crippen LogP contribution in [0.25, 0.3) is 0 Å². The first-order valence-electron chi connectivity index (χ1n) is 12.6. The second-order valence-corrected chi connectivity index (χ2v) is 12.7. The quantitative estimate of drug-likeness (QED) is 0.310. The Balaban J connectivity index is 1.54. The van der Waals surface area contributed by atoms with E-state index in [2.05, 4.69) is 16.3 Å². The van der Waals surface area contributed by atoms with Gasteiger partial charge in [0.05, 0.1) is 30.2 Å². The highest BCUT2D eigenvalue weighted by atomic mass is 32.2. The molecule has 0 spiro atoms. The highest BCUT2D eigenvalue weighted by molar-refractivity contribution is 8.00. The summed E-state index contributed by atoms with van der Waals surface area (Å²) in [7, 11) is 1.54. The highest BCUT2D eigenvalue weighted by Crippen LogP contribution is 2.52. The van der Waals surface area contributed by atoms with Gasteiger partial charge in [-0.3, -0.25) is 9.69 Å². The number of allylic oxidation sites excluding steroid dienone is 3. The van der Waals surface area contributed by atoms with Crippen LogP contribution in [0.5, 0.6) is 5.75 Å². The van der Waals surface area contributed by atoms with Crippen molar-refractivity contribution in [3.05, 3.63) is 87.9 Å². The van der Waals surface area contributed by atoms with Crippen molar-refractivity contribution >= 4 is 34.0 Å². The first-order valence-corrected chi connectivity index (χ1v) is 14.4. The van der Waals surface area contributed by atoms with E-state index in [0.717, 1.165) is 12.1 Å². The van der Waals surface area contributed by atoms with Crippen molar-refractivity contribution in [1.29, 1.82) is 5.26 Å². The normalized spacial score (nSPS) is 18.8. The third kappa shape index (κ3) is 5.56. The van der Waals surface area contributed by atoms with E-state index in [4.69, 9.17) is 10.5 Å². The molecule has 41 heavy (non-hydrogen) atoms. The lowest BCUT2D eigenvalue weighted by atomic mass is 9.68. The molecule has 5 rings (SSSR count). The number of methoxy groups -OCH3 is 1. The second-order valence-electron chi connectivity index (χ2n) is 10.6. The molecule has 0 fully saturated rings. The molecular formula is C29H26F3N5O2S2. The number of carbonyl (C=O) groups is 1. The average Bonchev–Trinajstić information content (AvgIpc) is 3.38. The zero-order valence-electron chi connectivity index (χ0n) is 22.5. The molecule has 2 aliphatic rings. The molecule has 0 unspecified atom stereocenters. The van der Waals surface area contributed by atoms with Gasteiger partial charge in [-0.25, -0.2) is 0 Å². The van der Waals surface area contributed by atoms with Crippen molar-refractivity contribution in [1.82, 2.24) is 10.2 Å². The number of ketones is 1. The number of carbonyl (C=O) groups excluding carboxylic acids is 1. The fourth-order valence-corrected chi connectivity index (χ4v) is 7.10. The molecule has 1 aromatic heterocycles. The predicted octanol–water partition coefficient (Wildman–Crippen LogP) is 6.80. The minimum absolute atomic E-state index is 0.0823. The molecule has 2 aromatic carbocycles. The number of nitriles is 1. The number of hydrogen-bond donors (Lipinski definition) is 1. The molecule has 3 aromatic rings. The van der Waals surface area contributed by atoms with E-state index in [1.54, 1.807) is 17.0 Å². The number of halogens is 3. The molecule has 2 N–H and O–H groups in total. The topological polar surface area (TPSA) is 105 Å². The zero-order valence-corrected chi connectivity index (χ0v) is 24.1. The molecule has 2 heterocycles. The summed E-state index contributed by atoms with van der Waals surface area (Å²) in [5, 5.41) is 19.2. The fourth-order valence-electron chi connectivity index (χ4n) is 5.28. The minimum atomic E-state index is -4.43. The van der Waals surface area contributed by atoms with E-state index in [1.807, 2.05) is 32.0 Å². The molecule has 0 saturated heterocycles. The van der Waals surface area contributed by atoms with Crippen LogP contribution in [0.1, 0.15) is 49.3 Å². The molecular weight excluding hydrogens is 571 g/mol. The van der Waals surface area contributed by atoms with Crippen molar-refractivity contribution in [2.24, 2.45) is 11.1 Å². The summed E-state index contributed by atoms with van der Waals surface area (Å²) in [5.41, 5.74) is 8.11. The van der Waals surface area contributed by atoms with Gasteiger partial charge in [0, 0.05) is 29.0 Å². The summed E-state index contributed by atoms with van der Waals surface area (Å²) in [4.78, 5) is 15.4. The molecule has 0 amide bonds. The number of ether oxygens (including phenoxy) is 1. The van der Waals surface area contributed by atoms with Crippen LogP contribution in [0.2, 0.25) is 0 Å². The number of hydrogen-bond acceptors (Lipinski definition) is 9. The summed E-state index contributed by atoms with van der Waals surface area (Å²) < 4.78 is 45.5. The van der Waals surface area contributed by atoms with Crippen LogP contribution in [0.4, 0.5) is 18.3 Å². The van der Waals surface area contributed by atoms with Crippen molar-refractivity contribution in [3.63, 3.8) is 0 Å². The Labute approximate surface area is 243 Å². The smallest absolute Gasteiger partial charge is 0.416 e. The molecule has 0 saturated carbocycles. The number of nitrogens with zero attached hydrogens (tertiary/aromatic N) is 4. The largest absolute Gasteiger partial charge is 0.496 e. The Hall–Kier alpha value is -3.82. The number of Topliss-reactive ketones (excluding diaryl/α,β-unsaturated/α-hetero) is 1. The third-order valence-corrected chi connectivity index (χ3v) is 9.15. The third-order valence-electron chi connectivity index (χ3n) is 7.03. The summed E-state index contributed by atoms with van der Waals surface area (Å²) in [6, 6.07) is 14.6. The number of benzene rings is 2. The molecule has 12 heteroatoms. The van der Waals surface area contributed by atoms with Gasteiger partial charge in [0.2, 0.25) is 5.13 Å². The van der Waals surface area contributed by atoms with Crippen LogP contribution in [0.15, 0.2) is 75.5 Å². The van der Waals surface area contributed by atoms with Crippen molar-refractivity contribution < 1.29 is 22.7 Å². The van der Waals surface area contributed by atoms with Crippen LogP contribution in [0.3, 0.4) is 0 Å². The Kier molecular flexibility index (Phi) is 7.61. The molecule has 1 aliphatic heterocycles. The Morgan fingerprint density at radius 3 is 2.66 bits per heavy atom. The van der Waals surface area contributed by atoms with Gasteiger partial charge in [-0.15, -0.1) is 10.2 Å². The van der Waals surface area contributed by atoms with E-state index >= 15 is 0 Å². The Morgan fingerprint density at radius 2 is 1.95 bits per heavy atom. The fraction of sp³-hybridized carbons (Fsp3) is 0.310. The van der Waals surface area contributed by atoms with Gasteiger partial charge in [0.1, 0.15) is 11.6 Å². The predicted molar refractivity (Wildman–Crippen MR) is 151 cm³/mol. The van der Waals surface area contributed by atoms with Crippen LogP contribution >= 0.6 is 23.1 Å². The van der Waals surface area contributed by atoms with Crippen LogP contribution in [-0.2, 0) is 16.7 Å². The monoisotopic (exact) mass is 597 g/mol. The van der Waals surface area contributed by atoms with Crippen LogP contribution < -0.4 is 15.4 Å². The average molecular weight is 598 g/mol. The van der Waals surface area contributed by atoms with Gasteiger partial charge in [-0.05, 0) is 29.5 Å². The van der Waals surface area contributed by atoms with Gasteiger partial charge in [0.15, 0.2) is 10.1 Å². The summed E-state index contributed by atoms with van der Waals surface area (Å²) in [6.45, 7) is 4.00.